The van der Waals surface area contributed by atoms with Crippen LogP contribution in [0.25, 0.3) is 0 Å². The minimum absolute atomic E-state index is 0.0204. The Balaban J connectivity index is 1.89. The number of thioether (sulfide) groups is 1. The third-order valence-electron chi connectivity index (χ3n) is 4.24. The van der Waals surface area contributed by atoms with Crippen LogP contribution in [0.1, 0.15) is 31.2 Å². The van der Waals surface area contributed by atoms with Crippen LogP contribution in [0.2, 0.25) is 0 Å². The Morgan fingerprint density at radius 3 is 2.68 bits per heavy atom. The van der Waals surface area contributed by atoms with E-state index in [4.69, 9.17) is 4.52 Å². The molecule has 0 bridgehead atoms. The Bertz CT molecular complexity index is 869. The maximum atomic E-state index is 12.5. The molecule has 0 aliphatic rings. The van der Waals surface area contributed by atoms with E-state index in [0.717, 1.165) is 0 Å². The lowest BCUT2D eigenvalue weighted by molar-refractivity contribution is -0.384. The minimum Gasteiger partial charge on any atom is -0.360 e. The Morgan fingerprint density at radius 1 is 1.36 bits per heavy atom. The van der Waals surface area contributed by atoms with E-state index in [2.05, 4.69) is 10.5 Å². The molecule has 2 aromatic rings. The van der Waals surface area contributed by atoms with Crippen LogP contribution >= 0.6 is 11.8 Å². The van der Waals surface area contributed by atoms with E-state index in [9.17, 15) is 19.7 Å². The molecule has 1 N–H and O–H groups in total. The van der Waals surface area contributed by atoms with Crippen molar-refractivity contribution in [1.82, 2.24) is 10.1 Å². The van der Waals surface area contributed by atoms with Gasteiger partial charge in [-0.25, -0.2) is 0 Å². The number of amides is 2. The molecule has 0 aliphatic carbocycles. The van der Waals surface area contributed by atoms with Crippen LogP contribution in [0.5, 0.6) is 0 Å². The second kappa shape index (κ2) is 9.36. The predicted molar refractivity (Wildman–Crippen MR) is 106 cm³/mol. The molecule has 0 saturated heterocycles. The summed E-state index contributed by atoms with van der Waals surface area (Å²) in [5, 5.41) is 16.8. The smallest absolute Gasteiger partial charge is 0.269 e. The van der Waals surface area contributed by atoms with Crippen molar-refractivity contribution in [2.45, 2.75) is 32.1 Å². The second-order valence-corrected chi connectivity index (χ2v) is 7.63. The van der Waals surface area contributed by atoms with Gasteiger partial charge in [-0.15, -0.1) is 11.8 Å². The molecule has 10 heteroatoms. The average molecular weight is 406 g/mol. The number of nitro benzene ring substituents is 1. The molecule has 2 rings (SSSR count). The van der Waals surface area contributed by atoms with E-state index in [1.165, 1.54) is 28.8 Å². The highest BCUT2D eigenvalue weighted by Gasteiger charge is 2.22. The number of carbonyl (C=O) groups excluding carboxylic acids is 2. The number of carbonyl (C=O) groups is 2. The monoisotopic (exact) mass is 406 g/mol. The standard InChI is InChI=1S/C18H22N4O5S/c1-11-8-16(20-27-11)19-18(24)13(3)28-10-17(23)21(4)12(2)14-6-5-7-15(9-14)22(25)26/h5-9,12-13H,10H2,1-4H3,(H,19,20,24)/t12-,13+/m0/s1. The lowest BCUT2D eigenvalue weighted by Crippen LogP contribution is -2.32. The largest absolute Gasteiger partial charge is 0.360 e. The number of nitrogens with one attached hydrogen (secondary N) is 1. The summed E-state index contributed by atoms with van der Waals surface area (Å²) in [4.78, 5) is 36.6. The van der Waals surface area contributed by atoms with Crippen molar-refractivity contribution in [3.8, 4) is 0 Å². The number of hydrogen-bond donors (Lipinski definition) is 1. The molecule has 1 heterocycles. The first kappa shape index (κ1) is 21.4. The Morgan fingerprint density at radius 2 is 2.07 bits per heavy atom. The number of rotatable bonds is 8. The number of nitrogens with zero attached hydrogens (tertiary/aromatic N) is 3. The van der Waals surface area contributed by atoms with Crippen LogP contribution in [-0.2, 0) is 9.59 Å². The Kier molecular flexibility index (Phi) is 7.16. The summed E-state index contributed by atoms with van der Waals surface area (Å²) in [6.07, 6.45) is 0. The number of nitro groups is 1. The van der Waals surface area contributed by atoms with E-state index in [1.54, 1.807) is 46.0 Å². The first-order valence-electron chi connectivity index (χ1n) is 8.55. The maximum absolute atomic E-state index is 12.5. The fourth-order valence-corrected chi connectivity index (χ4v) is 3.17. The van der Waals surface area contributed by atoms with Crippen molar-refractivity contribution in [3.63, 3.8) is 0 Å². The molecular weight excluding hydrogens is 384 g/mol. The molecule has 2 atom stereocenters. The Hall–Kier alpha value is -2.88. The van der Waals surface area contributed by atoms with Crippen LogP contribution in [-0.4, -0.2) is 44.8 Å². The van der Waals surface area contributed by atoms with Gasteiger partial charge in [0.15, 0.2) is 5.82 Å². The third-order valence-corrected chi connectivity index (χ3v) is 5.37. The summed E-state index contributed by atoms with van der Waals surface area (Å²) in [7, 11) is 1.63. The fourth-order valence-electron chi connectivity index (χ4n) is 2.36. The highest BCUT2D eigenvalue weighted by atomic mass is 32.2. The summed E-state index contributed by atoms with van der Waals surface area (Å²) >= 11 is 1.20. The second-order valence-electron chi connectivity index (χ2n) is 6.30. The van der Waals surface area contributed by atoms with Gasteiger partial charge in [-0.2, -0.15) is 0 Å². The summed E-state index contributed by atoms with van der Waals surface area (Å²) in [6.45, 7) is 5.22. The molecule has 0 saturated carbocycles. The topological polar surface area (TPSA) is 119 Å². The number of benzene rings is 1. The zero-order valence-corrected chi connectivity index (χ0v) is 16.9. The lowest BCUT2D eigenvalue weighted by Gasteiger charge is -2.25. The highest BCUT2D eigenvalue weighted by Crippen LogP contribution is 2.24. The molecule has 0 unspecified atom stereocenters. The summed E-state index contributed by atoms with van der Waals surface area (Å²) in [5.74, 6) is 0.559. The number of non-ortho nitro benzene ring substituents is 1. The molecule has 2 amide bonds. The van der Waals surface area contributed by atoms with E-state index < -0.39 is 10.2 Å². The molecule has 9 nitrogen and oxygen atoms in total. The van der Waals surface area contributed by atoms with Gasteiger partial charge in [0.25, 0.3) is 5.69 Å². The van der Waals surface area contributed by atoms with Gasteiger partial charge < -0.3 is 14.7 Å². The quantitative estimate of drug-likeness (QED) is 0.528. The van der Waals surface area contributed by atoms with Crippen molar-refractivity contribution in [2.75, 3.05) is 18.1 Å². The third kappa shape index (κ3) is 5.56. The first-order chi connectivity index (χ1) is 13.2. The van der Waals surface area contributed by atoms with Gasteiger partial charge >= 0.3 is 0 Å². The van der Waals surface area contributed by atoms with Crippen LogP contribution in [0.3, 0.4) is 0 Å². The van der Waals surface area contributed by atoms with Gasteiger partial charge in [0.1, 0.15) is 5.76 Å². The van der Waals surface area contributed by atoms with E-state index in [0.29, 0.717) is 17.1 Å². The molecular formula is C18H22N4O5S. The summed E-state index contributed by atoms with van der Waals surface area (Å²) < 4.78 is 4.89. The number of hydrogen-bond acceptors (Lipinski definition) is 7. The molecule has 1 aromatic heterocycles. The van der Waals surface area contributed by atoms with Crippen molar-refractivity contribution < 1.29 is 19.0 Å². The predicted octanol–water partition coefficient (Wildman–Crippen LogP) is 3.17. The van der Waals surface area contributed by atoms with Gasteiger partial charge in [0, 0.05) is 25.2 Å². The highest BCUT2D eigenvalue weighted by molar-refractivity contribution is 8.01. The fraction of sp³-hybridized carbons (Fsp3) is 0.389. The molecule has 0 fully saturated rings. The average Bonchev–Trinajstić information content (AvgIpc) is 3.09. The number of anilines is 1. The normalized spacial score (nSPS) is 12.9. The van der Waals surface area contributed by atoms with Crippen LogP contribution in [0, 0.1) is 17.0 Å². The summed E-state index contributed by atoms with van der Waals surface area (Å²) in [6, 6.07) is 7.46. The van der Waals surface area contributed by atoms with Crippen LogP contribution in [0.4, 0.5) is 11.5 Å². The van der Waals surface area contributed by atoms with Gasteiger partial charge in [-0.1, -0.05) is 17.3 Å². The number of aryl methyl sites for hydroxylation is 1. The van der Waals surface area contributed by atoms with E-state index in [-0.39, 0.29) is 29.3 Å². The maximum Gasteiger partial charge on any atom is 0.269 e. The van der Waals surface area contributed by atoms with Crippen LogP contribution in [0.15, 0.2) is 34.9 Å². The zero-order chi connectivity index (χ0) is 20.8. The van der Waals surface area contributed by atoms with Crippen molar-refractivity contribution in [3.05, 3.63) is 51.8 Å². The SMILES string of the molecule is Cc1cc(NC(=O)[C@@H](C)SCC(=O)N(C)[C@@H](C)c2cccc([N+](=O)[O-])c2)no1. The summed E-state index contributed by atoms with van der Waals surface area (Å²) in [5.41, 5.74) is 0.648. The van der Waals surface area contributed by atoms with Gasteiger partial charge in [0.2, 0.25) is 11.8 Å². The van der Waals surface area contributed by atoms with Gasteiger partial charge in [-0.05, 0) is 26.3 Å². The molecule has 1 aromatic carbocycles. The molecule has 0 aliphatic heterocycles. The lowest BCUT2D eigenvalue weighted by atomic mass is 10.1. The van der Waals surface area contributed by atoms with Crippen LogP contribution < -0.4 is 5.32 Å². The number of aromatic nitrogens is 1. The van der Waals surface area contributed by atoms with Gasteiger partial charge in [0.05, 0.1) is 22.0 Å². The molecule has 0 radical (unpaired) electrons. The van der Waals surface area contributed by atoms with E-state index in [1.807, 2.05) is 0 Å². The Labute approximate surface area is 166 Å². The molecule has 28 heavy (non-hydrogen) atoms. The van der Waals surface area contributed by atoms with Gasteiger partial charge in [-0.3, -0.25) is 19.7 Å². The van der Waals surface area contributed by atoms with Crippen molar-refractivity contribution in [1.29, 1.82) is 0 Å². The molecule has 150 valence electrons. The molecule has 0 spiro atoms. The van der Waals surface area contributed by atoms with Crippen molar-refractivity contribution in [2.24, 2.45) is 0 Å². The van der Waals surface area contributed by atoms with E-state index >= 15 is 0 Å². The van der Waals surface area contributed by atoms with Crippen molar-refractivity contribution >= 4 is 35.1 Å². The zero-order valence-electron chi connectivity index (χ0n) is 16.0. The minimum atomic E-state index is -0.470. The first-order valence-corrected chi connectivity index (χ1v) is 9.59.